The number of carbonyl (C=O) groups is 1. The van der Waals surface area contributed by atoms with Crippen molar-refractivity contribution < 1.29 is 9.53 Å². The van der Waals surface area contributed by atoms with E-state index in [1.165, 1.54) is 39.0 Å². The molecule has 0 aromatic rings. The van der Waals surface area contributed by atoms with Crippen LogP contribution in [0, 0.1) is 11.8 Å². The molecule has 2 nitrogen and oxygen atoms in total. The van der Waals surface area contributed by atoms with Crippen LogP contribution in [0.25, 0.3) is 0 Å². The van der Waals surface area contributed by atoms with E-state index in [2.05, 4.69) is 6.92 Å². The second-order valence-corrected chi connectivity index (χ2v) is 4.50. The van der Waals surface area contributed by atoms with E-state index in [0.29, 0.717) is 6.61 Å². The van der Waals surface area contributed by atoms with E-state index in [0.717, 1.165) is 18.3 Å². The molecule has 1 atom stereocenters. The van der Waals surface area contributed by atoms with Gasteiger partial charge >= 0.3 is 5.97 Å². The second-order valence-electron chi connectivity index (χ2n) is 4.50. The van der Waals surface area contributed by atoms with Crippen molar-refractivity contribution in [1.29, 1.82) is 0 Å². The lowest BCUT2D eigenvalue weighted by Gasteiger charge is -2.27. The summed E-state index contributed by atoms with van der Waals surface area (Å²) in [6.07, 6.45) is 7.98. The van der Waals surface area contributed by atoms with E-state index < -0.39 is 0 Å². The molecule has 14 heavy (non-hydrogen) atoms. The van der Waals surface area contributed by atoms with E-state index in [-0.39, 0.29) is 5.97 Å². The van der Waals surface area contributed by atoms with Gasteiger partial charge < -0.3 is 4.74 Å². The first-order chi connectivity index (χ1) is 6.70. The Morgan fingerprint density at radius 2 is 2.00 bits per heavy atom. The third-order valence-electron chi connectivity index (χ3n) is 3.33. The fourth-order valence-corrected chi connectivity index (χ4v) is 2.33. The molecule has 82 valence electrons. The number of hydrogen-bond acceptors (Lipinski definition) is 2. The van der Waals surface area contributed by atoms with Gasteiger partial charge in [-0.05, 0) is 18.3 Å². The van der Waals surface area contributed by atoms with Crippen LogP contribution >= 0.6 is 0 Å². The molecule has 1 unspecified atom stereocenters. The van der Waals surface area contributed by atoms with Crippen LogP contribution in [0.4, 0.5) is 0 Å². The molecule has 0 aliphatic heterocycles. The highest BCUT2D eigenvalue weighted by Crippen LogP contribution is 2.31. The molecular weight excluding hydrogens is 176 g/mol. The second kappa shape index (κ2) is 6.05. The molecule has 1 aliphatic rings. The van der Waals surface area contributed by atoms with Crippen molar-refractivity contribution in [2.45, 2.75) is 52.4 Å². The first-order valence-electron chi connectivity index (χ1n) is 5.83. The smallest absolute Gasteiger partial charge is 0.302 e. The average molecular weight is 198 g/mol. The van der Waals surface area contributed by atoms with Gasteiger partial charge in [-0.2, -0.15) is 0 Å². The van der Waals surface area contributed by atoms with E-state index >= 15 is 0 Å². The summed E-state index contributed by atoms with van der Waals surface area (Å²) in [6.45, 7) is 4.37. The van der Waals surface area contributed by atoms with Crippen LogP contribution in [0.15, 0.2) is 0 Å². The zero-order valence-electron chi connectivity index (χ0n) is 9.42. The third kappa shape index (κ3) is 4.12. The van der Waals surface area contributed by atoms with Gasteiger partial charge in [0, 0.05) is 6.92 Å². The molecule has 0 bridgehead atoms. The van der Waals surface area contributed by atoms with Crippen LogP contribution in [0.3, 0.4) is 0 Å². The van der Waals surface area contributed by atoms with Gasteiger partial charge in [-0.25, -0.2) is 0 Å². The molecule has 1 rings (SSSR count). The number of rotatable bonds is 4. The highest BCUT2D eigenvalue weighted by molar-refractivity contribution is 5.65. The first kappa shape index (κ1) is 11.5. The SMILES string of the molecule is CC(=O)OCCC(C)C1CCCCC1. The standard InChI is InChI=1S/C12H22O2/c1-10(8-9-14-11(2)13)12-6-4-3-5-7-12/h10,12H,3-9H2,1-2H3. The Hall–Kier alpha value is -0.530. The van der Waals surface area contributed by atoms with Crippen LogP contribution < -0.4 is 0 Å². The van der Waals surface area contributed by atoms with Crippen molar-refractivity contribution in [3.8, 4) is 0 Å². The maximum absolute atomic E-state index is 10.6. The van der Waals surface area contributed by atoms with Crippen LogP contribution in [-0.2, 0) is 9.53 Å². The molecule has 0 saturated heterocycles. The topological polar surface area (TPSA) is 26.3 Å². The van der Waals surface area contributed by atoms with Crippen molar-refractivity contribution >= 4 is 5.97 Å². The predicted octanol–water partition coefficient (Wildman–Crippen LogP) is 3.16. The highest BCUT2D eigenvalue weighted by Gasteiger charge is 2.19. The summed E-state index contributed by atoms with van der Waals surface area (Å²) in [5.41, 5.74) is 0. The Labute approximate surface area is 87.0 Å². The third-order valence-corrected chi connectivity index (χ3v) is 3.33. The van der Waals surface area contributed by atoms with Gasteiger partial charge in [-0.1, -0.05) is 39.0 Å². The molecule has 0 radical (unpaired) electrons. The zero-order valence-corrected chi connectivity index (χ0v) is 9.42. The highest BCUT2D eigenvalue weighted by atomic mass is 16.5. The number of carbonyl (C=O) groups excluding carboxylic acids is 1. The van der Waals surface area contributed by atoms with Crippen LogP contribution in [0.2, 0.25) is 0 Å². The van der Waals surface area contributed by atoms with Crippen molar-refractivity contribution in [3.05, 3.63) is 0 Å². The lowest BCUT2D eigenvalue weighted by molar-refractivity contribution is -0.141. The Morgan fingerprint density at radius 1 is 1.36 bits per heavy atom. The molecular formula is C12H22O2. The van der Waals surface area contributed by atoms with Crippen molar-refractivity contribution in [1.82, 2.24) is 0 Å². The Kier molecular flexibility index (Phi) is 4.99. The predicted molar refractivity (Wildman–Crippen MR) is 57.0 cm³/mol. The lowest BCUT2D eigenvalue weighted by atomic mass is 9.80. The quantitative estimate of drug-likeness (QED) is 0.649. The monoisotopic (exact) mass is 198 g/mol. The van der Waals surface area contributed by atoms with Gasteiger partial charge in [0.25, 0.3) is 0 Å². The number of esters is 1. The molecule has 1 fully saturated rings. The molecule has 0 spiro atoms. The van der Waals surface area contributed by atoms with Gasteiger partial charge in [0.2, 0.25) is 0 Å². The van der Waals surface area contributed by atoms with E-state index in [4.69, 9.17) is 4.74 Å². The average Bonchev–Trinajstić information content (AvgIpc) is 2.18. The fourth-order valence-electron chi connectivity index (χ4n) is 2.33. The van der Waals surface area contributed by atoms with E-state index in [1.807, 2.05) is 0 Å². The summed E-state index contributed by atoms with van der Waals surface area (Å²) in [5.74, 6) is 1.44. The lowest BCUT2D eigenvalue weighted by Crippen LogP contribution is -2.17. The van der Waals surface area contributed by atoms with Gasteiger partial charge in [0.15, 0.2) is 0 Å². The van der Waals surface area contributed by atoms with Crippen molar-refractivity contribution in [2.24, 2.45) is 11.8 Å². The maximum atomic E-state index is 10.6. The Balaban J connectivity index is 2.13. The summed E-state index contributed by atoms with van der Waals surface area (Å²) in [4.78, 5) is 10.6. The molecule has 1 aliphatic carbocycles. The maximum Gasteiger partial charge on any atom is 0.302 e. The summed E-state index contributed by atoms with van der Waals surface area (Å²) < 4.78 is 4.96. The Bertz CT molecular complexity index is 171. The molecule has 0 aromatic carbocycles. The summed E-state index contributed by atoms with van der Waals surface area (Å²) in [6, 6.07) is 0. The Morgan fingerprint density at radius 3 is 2.57 bits per heavy atom. The van der Waals surface area contributed by atoms with E-state index in [9.17, 15) is 4.79 Å². The fraction of sp³-hybridized carbons (Fsp3) is 0.917. The van der Waals surface area contributed by atoms with Crippen molar-refractivity contribution in [3.63, 3.8) is 0 Å². The van der Waals surface area contributed by atoms with Gasteiger partial charge in [0.05, 0.1) is 6.61 Å². The minimum absolute atomic E-state index is 0.152. The normalized spacial score (nSPS) is 20.4. The zero-order chi connectivity index (χ0) is 10.4. The molecule has 2 heteroatoms. The largest absolute Gasteiger partial charge is 0.466 e. The summed E-state index contributed by atoms with van der Waals surface area (Å²) in [5, 5.41) is 0. The minimum Gasteiger partial charge on any atom is -0.466 e. The van der Waals surface area contributed by atoms with Gasteiger partial charge in [-0.15, -0.1) is 0 Å². The molecule has 0 N–H and O–H groups in total. The molecule has 0 heterocycles. The van der Waals surface area contributed by atoms with Crippen LogP contribution in [-0.4, -0.2) is 12.6 Å². The minimum atomic E-state index is -0.152. The summed E-state index contributed by atoms with van der Waals surface area (Å²) >= 11 is 0. The first-order valence-corrected chi connectivity index (χ1v) is 5.83. The van der Waals surface area contributed by atoms with E-state index in [1.54, 1.807) is 0 Å². The van der Waals surface area contributed by atoms with Gasteiger partial charge in [-0.3, -0.25) is 4.79 Å². The number of ether oxygens (including phenoxy) is 1. The molecule has 0 aromatic heterocycles. The van der Waals surface area contributed by atoms with Crippen molar-refractivity contribution in [2.75, 3.05) is 6.61 Å². The molecule has 0 amide bonds. The number of hydrogen-bond donors (Lipinski definition) is 0. The molecule has 1 saturated carbocycles. The van der Waals surface area contributed by atoms with Gasteiger partial charge in [0.1, 0.15) is 0 Å². The van der Waals surface area contributed by atoms with Crippen LogP contribution in [0.5, 0.6) is 0 Å². The summed E-state index contributed by atoms with van der Waals surface area (Å²) in [7, 11) is 0. The van der Waals surface area contributed by atoms with Crippen LogP contribution in [0.1, 0.15) is 52.4 Å².